The van der Waals surface area contributed by atoms with Crippen LogP contribution in [0, 0.1) is 5.92 Å². The molecule has 1 heterocycles. The summed E-state index contributed by atoms with van der Waals surface area (Å²) in [5, 5.41) is 0. The molecule has 1 aromatic rings. The second kappa shape index (κ2) is 5.52. The van der Waals surface area contributed by atoms with Gasteiger partial charge < -0.3 is 11.5 Å². The van der Waals surface area contributed by atoms with Gasteiger partial charge >= 0.3 is 6.18 Å². The summed E-state index contributed by atoms with van der Waals surface area (Å²) in [6.45, 7) is 4.46. The molecule has 2 rings (SSSR count). The molecule has 0 saturated carbocycles. The average Bonchev–Trinajstić information content (AvgIpc) is 2.32. The number of anilines is 2. The number of piperidine rings is 1. The molecule has 6 heteroatoms. The summed E-state index contributed by atoms with van der Waals surface area (Å²) in [6.07, 6.45) is -2.21. The van der Waals surface area contributed by atoms with Gasteiger partial charge in [0.25, 0.3) is 0 Å². The van der Waals surface area contributed by atoms with Gasteiger partial charge in [0.15, 0.2) is 0 Å². The first kappa shape index (κ1) is 15.0. The number of hydrogen-bond donors (Lipinski definition) is 2. The van der Waals surface area contributed by atoms with Gasteiger partial charge in [0, 0.05) is 13.1 Å². The fourth-order valence-corrected chi connectivity index (χ4v) is 2.75. The molecular formula is C14H20F3N3. The van der Waals surface area contributed by atoms with Crippen LogP contribution in [-0.4, -0.2) is 18.0 Å². The SMILES string of the molecule is C[C@H]1CCCN(Cc2cc(N)c(N)c(C(F)(F)F)c2)C1. The Morgan fingerprint density at radius 3 is 2.60 bits per heavy atom. The summed E-state index contributed by atoms with van der Waals surface area (Å²) < 4.78 is 38.7. The van der Waals surface area contributed by atoms with E-state index in [-0.39, 0.29) is 11.4 Å². The lowest BCUT2D eigenvalue weighted by molar-refractivity contribution is -0.136. The highest BCUT2D eigenvalue weighted by molar-refractivity contribution is 5.69. The van der Waals surface area contributed by atoms with Gasteiger partial charge in [-0.25, -0.2) is 0 Å². The van der Waals surface area contributed by atoms with Gasteiger partial charge in [0.05, 0.1) is 16.9 Å². The molecule has 0 aliphatic carbocycles. The number of rotatable bonds is 2. The molecule has 1 aliphatic heterocycles. The highest BCUT2D eigenvalue weighted by Crippen LogP contribution is 2.37. The van der Waals surface area contributed by atoms with Crippen molar-refractivity contribution in [1.29, 1.82) is 0 Å². The minimum Gasteiger partial charge on any atom is -0.397 e. The van der Waals surface area contributed by atoms with E-state index < -0.39 is 11.7 Å². The largest absolute Gasteiger partial charge is 0.418 e. The second-order valence-corrected chi connectivity index (χ2v) is 5.63. The number of halogens is 3. The van der Waals surface area contributed by atoms with Crippen LogP contribution in [-0.2, 0) is 12.7 Å². The Morgan fingerprint density at radius 2 is 2.00 bits per heavy atom. The van der Waals surface area contributed by atoms with Gasteiger partial charge in [-0.2, -0.15) is 13.2 Å². The molecule has 0 unspecified atom stereocenters. The van der Waals surface area contributed by atoms with Crippen molar-refractivity contribution in [1.82, 2.24) is 4.90 Å². The van der Waals surface area contributed by atoms with Gasteiger partial charge in [0.2, 0.25) is 0 Å². The lowest BCUT2D eigenvalue weighted by Crippen LogP contribution is -2.33. The van der Waals surface area contributed by atoms with Crippen LogP contribution < -0.4 is 11.5 Å². The molecule has 0 spiro atoms. The van der Waals surface area contributed by atoms with Crippen molar-refractivity contribution in [2.45, 2.75) is 32.5 Å². The van der Waals surface area contributed by atoms with Crippen molar-refractivity contribution in [2.75, 3.05) is 24.6 Å². The van der Waals surface area contributed by atoms with Crippen LogP contribution in [0.2, 0.25) is 0 Å². The number of alkyl halides is 3. The van der Waals surface area contributed by atoms with E-state index in [1.165, 1.54) is 6.42 Å². The minimum atomic E-state index is -4.47. The van der Waals surface area contributed by atoms with Crippen LogP contribution in [0.15, 0.2) is 12.1 Å². The first-order chi connectivity index (χ1) is 9.27. The Bertz CT molecular complexity index is 485. The minimum absolute atomic E-state index is 0.000108. The Hall–Kier alpha value is -1.43. The standard InChI is InChI=1S/C14H20F3N3/c1-9-3-2-4-20(7-9)8-10-5-11(14(15,16)17)13(19)12(18)6-10/h5-6,9H,2-4,7-8,18-19H2,1H3/t9-/m0/s1. The zero-order chi connectivity index (χ0) is 14.9. The van der Waals surface area contributed by atoms with Crippen LogP contribution in [0.25, 0.3) is 0 Å². The fraction of sp³-hybridized carbons (Fsp3) is 0.571. The van der Waals surface area contributed by atoms with Crippen LogP contribution in [0.5, 0.6) is 0 Å². The Balaban J connectivity index is 2.22. The van der Waals surface area contributed by atoms with Crippen molar-refractivity contribution in [3.05, 3.63) is 23.3 Å². The van der Waals surface area contributed by atoms with E-state index in [4.69, 9.17) is 11.5 Å². The van der Waals surface area contributed by atoms with E-state index >= 15 is 0 Å². The molecule has 1 saturated heterocycles. The average molecular weight is 287 g/mol. The Labute approximate surface area is 116 Å². The normalized spacial score (nSPS) is 21.1. The summed E-state index contributed by atoms with van der Waals surface area (Å²) >= 11 is 0. The van der Waals surface area contributed by atoms with E-state index in [0.29, 0.717) is 18.0 Å². The molecule has 1 atom stereocenters. The van der Waals surface area contributed by atoms with Gasteiger partial charge in [-0.15, -0.1) is 0 Å². The molecular weight excluding hydrogens is 267 g/mol. The first-order valence-electron chi connectivity index (χ1n) is 6.75. The highest BCUT2D eigenvalue weighted by atomic mass is 19.4. The Morgan fingerprint density at radius 1 is 1.30 bits per heavy atom. The molecule has 4 N–H and O–H groups in total. The summed E-state index contributed by atoms with van der Waals surface area (Å²) in [6, 6.07) is 2.66. The van der Waals surface area contributed by atoms with Crippen LogP contribution >= 0.6 is 0 Å². The molecule has 3 nitrogen and oxygen atoms in total. The first-order valence-corrected chi connectivity index (χ1v) is 6.75. The molecule has 20 heavy (non-hydrogen) atoms. The topological polar surface area (TPSA) is 55.3 Å². The summed E-state index contributed by atoms with van der Waals surface area (Å²) in [4.78, 5) is 2.17. The predicted molar refractivity (Wildman–Crippen MR) is 73.9 cm³/mol. The lowest BCUT2D eigenvalue weighted by atomic mass is 9.99. The fourth-order valence-electron chi connectivity index (χ4n) is 2.75. The van der Waals surface area contributed by atoms with E-state index in [1.54, 1.807) is 6.07 Å². The van der Waals surface area contributed by atoms with Crippen LogP contribution in [0.1, 0.15) is 30.9 Å². The molecule has 112 valence electrons. The third-order valence-corrected chi connectivity index (χ3v) is 3.72. The van der Waals surface area contributed by atoms with E-state index in [0.717, 1.165) is 25.6 Å². The highest BCUT2D eigenvalue weighted by Gasteiger charge is 2.34. The zero-order valence-electron chi connectivity index (χ0n) is 11.5. The third-order valence-electron chi connectivity index (χ3n) is 3.72. The van der Waals surface area contributed by atoms with Gasteiger partial charge in [-0.1, -0.05) is 6.92 Å². The summed E-state index contributed by atoms with van der Waals surface area (Å²) in [5.41, 5.74) is 10.4. The quantitative estimate of drug-likeness (QED) is 0.822. The number of nitrogen functional groups attached to an aromatic ring is 2. The maximum atomic E-state index is 12.9. The molecule has 1 aliphatic rings. The smallest absolute Gasteiger partial charge is 0.397 e. The van der Waals surface area contributed by atoms with Gasteiger partial charge in [-0.3, -0.25) is 4.90 Å². The van der Waals surface area contributed by atoms with Crippen LogP contribution in [0.3, 0.4) is 0 Å². The predicted octanol–water partition coefficient (Wildman–Crippen LogP) is 3.10. The molecule has 1 aromatic carbocycles. The van der Waals surface area contributed by atoms with Crippen molar-refractivity contribution >= 4 is 11.4 Å². The van der Waals surface area contributed by atoms with Crippen LogP contribution in [0.4, 0.5) is 24.5 Å². The molecule has 0 amide bonds. The molecule has 1 fully saturated rings. The molecule has 0 aromatic heterocycles. The maximum absolute atomic E-state index is 12.9. The monoisotopic (exact) mass is 287 g/mol. The van der Waals surface area contributed by atoms with Gasteiger partial charge in [-0.05, 0) is 43.0 Å². The third kappa shape index (κ3) is 3.36. The molecule has 0 bridgehead atoms. The Kier molecular flexibility index (Phi) is 4.13. The lowest BCUT2D eigenvalue weighted by Gasteiger charge is -2.31. The zero-order valence-corrected chi connectivity index (χ0v) is 11.5. The van der Waals surface area contributed by atoms with E-state index in [9.17, 15) is 13.2 Å². The maximum Gasteiger partial charge on any atom is 0.418 e. The van der Waals surface area contributed by atoms with Gasteiger partial charge in [0.1, 0.15) is 0 Å². The summed E-state index contributed by atoms with van der Waals surface area (Å²) in [7, 11) is 0. The number of nitrogens with two attached hydrogens (primary N) is 2. The van der Waals surface area contributed by atoms with Crippen molar-refractivity contribution in [3.8, 4) is 0 Å². The number of hydrogen-bond acceptors (Lipinski definition) is 3. The van der Waals surface area contributed by atoms with Crippen molar-refractivity contribution < 1.29 is 13.2 Å². The van der Waals surface area contributed by atoms with E-state index in [2.05, 4.69) is 11.8 Å². The number of nitrogens with zero attached hydrogens (tertiary/aromatic N) is 1. The van der Waals surface area contributed by atoms with Crippen molar-refractivity contribution in [3.63, 3.8) is 0 Å². The number of benzene rings is 1. The summed E-state index contributed by atoms with van der Waals surface area (Å²) in [5.74, 6) is 0.581. The number of likely N-dealkylation sites (tertiary alicyclic amines) is 1. The second-order valence-electron chi connectivity index (χ2n) is 5.63. The van der Waals surface area contributed by atoms with Crippen molar-refractivity contribution in [2.24, 2.45) is 5.92 Å². The molecule has 0 radical (unpaired) electrons. The van der Waals surface area contributed by atoms with E-state index in [1.807, 2.05) is 0 Å².